The Morgan fingerprint density at radius 1 is 1.39 bits per heavy atom. The lowest BCUT2D eigenvalue weighted by Gasteiger charge is -2.27. The van der Waals surface area contributed by atoms with Crippen LogP contribution in [0.15, 0.2) is 0 Å². The number of nitrogens with zero attached hydrogens (tertiary/aromatic N) is 1. The summed E-state index contributed by atoms with van der Waals surface area (Å²) in [6, 6.07) is -0.466. The van der Waals surface area contributed by atoms with Crippen molar-refractivity contribution in [3.05, 3.63) is 0 Å². The molecule has 106 valence electrons. The quantitative estimate of drug-likeness (QED) is 0.687. The zero-order chi connectivity index (χ0) is 14.1. The van der Waals surface area contributed by atoms with Crippen molar-refractivity contribution in [3.63, 3.8) is 0 Å². The minimum absolute atomic E-state index is 0.0754. The van der Waals surface area contributed by atoms with Crippen LogP contribution in [0.1, 0.15) is 27.2 Å². The average Bonchev–Trinajstić information content (AvgIpc) is 2.57. The molecule has 1 amide bonds. The van der Waals surface area contributed by atoms with Crippen LogP contribution in [0.4, 0.5) is 18.0 Å². The lowest BCUT2D eigenvalue weighted by atomic mass is 10.1. The van der Waals surface area contributed by atoms with E-state index in [0.717, 1.165) is 4.90 Å². The lowest BCUT2D eigenvalue weighted by molar-refractivity contribution is -0.170. The molecule has 0 aromatic rings. The van der Waals surface area contributed by atoms with E-state index in [1.54, 1.807) is 20.8 Å². The first-order valence-electron chi connectivity index (χ1n) is 5.67. The first-order valence-corrected chi connectivity index (χ1v) is 6.79. The Bertz CT molecular complexity index is 314. The fourth-order valence-corrected chi connectivity index (χ4v) is 2.46. The minimum Gasteiger partial charge on any atom is -0.444 e. The highest BCUT2D eigenvalue weighted by atomic mass is 79.9. The number of alkyl halides is 4. The highest BCUT2D eigenvalue weighted by molar-refractivity contribution is 9.09. The Morgan fingerprint density at radius 3 is 2.33 bits per heavy atom. The number of likely N-dealkylation sites (tertiary alicyclic amines) is 1. The largest absolute Gasteiger partial charge is 0.444 e. The second-order valence-electron chi connectivity index (χ2n) is 5.42. The summed E-state index contributed by atoms with van der Waals surface area (Å²) in [4.78, 5) is 13.0. The highest BCUT2D eigenvalue weighted by Crippen LogP contribution is 2.37. The van der Waals surface area contributed by atoms with E-state index in [2.05, 4.69) is 15.9 Å². The number of halogens is 4. The van der Waals surface area contributed by atoms with Gasteiger partial charge in [0.2, 0.25) is 0 Å². The maximum atomic E-state index is 12.7. The molecule has 1 rings (SSSR count). The van der Waals surface area contributed by atoms with E-state index in [0.29, 0.717) is 5.33 Å². The molecule has 0 aromatic heterocycles. The van der Waals surface area contributed by atoms with Crippen molar-refractivity contribution in [2.45, 2.75) is 45.0 Å². The second kappa shape index (κ2) is 5.27. The van der Waals surface area contributed by atoms with Crippen LogP contribution < -0.4 is 0 Å². The van der Waals surface area contributed by atoms with Gasteiger partial charge in [-0.2, -0.15) is 13.2 Å². The van der Waals surface area contributed by atoms with E-state index in [-0.39, 0.29) is 13.0 Å². The van der Waals surface area contributed by atoms with Gasteiger partial charge in [-0.05, 0) is 27.2 Å². The topological polar surface area (TPSA) is 29.5 Å². The van der Waals surface area contributed by atoms with Gasteiger partial charge in [0.15, 0.2) is 0 Å². The predicted molar refractivity (Wildman–Crippen MR) is 64.7 cm³/mol. The average molecular weight is 332 g/mol. The van der Waals surface area contributed by atoms with Crippen LogP contribution in [0.3, 0.4) is 0 Å². The van der Waals surface area contributed by atoms with Crippen molar-refractivity contribution < 1.29 is 22.7 Å². The molecule has 0 spiro atoms. The third-order valence-corrected chi connectivity index (χ3v) is 3.43. The van der Waals surface area contributed by atoms with Gasteiger partial charge in [0.05, 0.1) is 5.92 Å². The van der Waals surface area contributed by atoms with Crippen molar-refractivity contribution in [1.82, 2.24) is 4.90 Å². The van der Waals surface area contributed by atoms with E-state index in [1.165, 1.54) is 0 Å². The number of carbonyl (C=O) groups is 1. The van der Waals surface area contributed by atoms with Crippen LogP contribution in [0.25, 0.3) is 0 Å². The summed E-state index contributed by atoms with van der Waals surface area (Å²) in [6.07, 6.45) is -5.02. The molecule has 0 aromatic carbocycles. The van der Waals surface area contributed by atoms with Crippen LogP contribution in [0.2, 0.25) is 0 Å². The maximum Gasteiger partial charge on any atom is 0.410 e. The van der Waals surface area contributed by atoms with Gasteiger partial charge in [-0.1, -0.05) is 15.9 Å². The van der Waals surface area contributed by atoms with Gasteiger partial charge in [0.1, 0.15) is 5.60 Å². The number of amides is 1. The molecule has 0 N–H and O–H groups in total. The molecule has 3 nitrogen and oxygen atoms in total. The molecule has 0 unspecified atom stereocenters. The molecular formula is C11H17BrF3NO2. The zero-order valence-corrected chi connectivity index (χ0v) is 12.1. The SMILES string of the molecule is CC(C)(C)OC(=O)N1C[C@H](C(F)(F)F)C[C@H]1CBr. The minimum atomic E-state index is -4.27. The molecule has 0 saturated carbocycles. The molecule has 0 aliphatic carbocycles. The van der Waals surface area contributed by atoms with E-state index in [4.69, 9.17) is 4.74 Å². The fraction of sp³-hybridized carbons (Fsp3) is 0.909. The number of rotatable bonds is 1. The summed E-state index contributed by atoms with van der Waals surface area (Å²) in [5, 5.41) is 0.318. The Labute approximate surface area is 113 Å². The zero-order valence-electron chi connectivity index (χ0n) is 10.6. The van der Waals surface area contributed by atoms with Crippen LogP contribution >= 0.6 is 15.9 Å². The Hall–Kier alpha value is -0.460. The fourth-order valence-electron chi connectivity index (χ4n) is 1.84. The Balaban J connectivity index is 2.73. The van der Waals surface area contributed by atoms with Crippen LogP contribution in [-0.2, 0) is 4.74 Å². The van der Waals surface area contributed by atoms with E-state index in [9.17, 15) is 18.0 Å². The van der Waals surface area contributed by atoms with Gasteiger partial charge >= 0.3 is 12.3 Å². The van der Waals surface area contributed by atoms with Gasteiger partial charge in [0.25, 0.3) is 0 Å². The maximum absolute atomic E-state index is 12.7. The van der Waals surface area contributed by atoms with Gasteiger partial charge in [-0.25, -0.2) is 4.79 Å². The molecular weight excluding hydrogens is 315 g/mol. The van der Waals surface area contributed by atoms with Crippen molar-refractivity contribution in [3.8, 4) is 0 Å². The predicted octanol–water partition coefficient (Wildman–Crippen LogP) is 3.57. The van der Waals surface area contributed by atoms with E-state index < -0.39 is 29.8 Å². The van der Waals surface area contributed by atoms with Crippen molar-refractivity contribution in [1.29, 1.82) is 0 Å². The number of hydrogen-bond acceptors (Lipinski definition) is 2. The van der Waals surface area contributed by atoms with Gasteiger partial charge < -0.3 is 9.64 Å². The van der Waals surface area contributed by atoms with Crippen LogP contribution in [-0.4, -0.2) is 40.7 Å². The summed E-state index contributed by atoms with van der Waals surface area (Å²) in [7, 11) is 0. The molecule has 1 saturated heterocycles. The third kappa shape index (κ3) is 4.03. The summed E-state index contributed by atoms with van der Waals surface area (Å²) < 4.78 is 43.1. The molecule has 1 fully saturated rings. The first kappa shape index (κ1) is 15.6. The van der Waals surface area contributed by atoms with Crippen molar-refractivity contribution >= 4 is 22.0 Å². The summed E-state index contributed by atoms with van der Waals surface area (Å²) in [5.74, 6) is -1.47. The lowest BCUT2D eigenvalue weighted by Crippen LogP contribution is -2.41. The van der Waals surface area contributed by atoms with E-state index in [1.807, 2.05) is 0 Å². The molecule has 1 heterocycles. The second-order valence-corrected chi connectivity index (χ2v) is 6.06. The Kier molecular flexibility index (Phi) is 4.56. The monoisotopic (exact) mass is 331 g/mol. The first-order chi connectivity index (χ1) is 8.04. The molecule has 0 radical (unpaired) electrons. The Morgan fingerprint density at radius 2 is 1.94 bits per heavy atom. The standard InChI is InChI=1S/C11H17BrF3NO2/c1-10(2,3)18-9(17)16-6-7(11(13,14)15)4-8(16)5-12/h7-8H,4-6H2,1-3H3/t7-,8+/m1/s1. The van der Waals surface area contributed by atoms with Gasteiger partial charge in [-0.15, -0.1) is 0 Å². The number of carbonyl (C=O) groups excluding carboxylic acids is 1. The van der Waals surface area contributed by atoms with E-state index >= 15 is 0 Å². The number of hydrogen-bond donors (Lipinski definition) is 0. The summed E-state index contributed by atoms with van der Waals surface area (Å²) in [6.45, 7) is 4.73. The number of ether oxygens (including phenoxy) is 1. The molecule has 7 heteroatoms. The normalized spacial score (nSPS) is 25.4. The van der Waals surface area contributed by atoms with Gasteiger partial charge in [-0.3, -0.25) is 0 Å². The van der Waals surface area contributed by atoms with Gasteiger partial charge in [0, 0.05) is 17.9 Å². The van der Waals surface area contributed by atoms with Crippen molar-refractivity contribution in [2.75, 3.05) is 11.9 Å². The summed E-state index contributed by atoms with van der Waals surface area (Å²) >= 11 is 3.14. The molecule has 18 heavy (non-hydrogen) atoms. The summed E-state index contributed by atoms with van der Waals surface area (Å²) in [5.41, 5.74) is -0.704. The molecule has 1 aliphatic heterocycles. The third-order valence-electron chi connectivity index (χ3n) is 2.68. The molecule has 2 atom stereocenters. The molecule has 0 bridgehead atoms. The molecule has 1 aliphatic rings. The highest BCUT2D eigenvalue weighted by Gasteiger charge is 2.49. The van der Waals surface area contributed by atoms with Crippen LogP contribution in [0.5, 0.6) is 0 Å². The van der Waals surface area contributed by atoms with Crippen molar-refractivity contribution in [2.24, 2.45) is 5.92 Å². The smallest absolute Gasteiger partial charge is 0.410 e. The van der Waals surface area contributed by atoms with Crippen LogP contribution in [0, 0.1) is 5.92 Å².